The fourth-order valence-electron chi connectivity index (χ4n) is 1.04. The minimum atomic E-state index is -5.26. The highest BCUT2D eigenvalue weighted by Crippen LogP contribution is 2.41. The number of alkyl halides is 4. The van der Waals surface area contributed by atoms with Gasteiger partial charge >= 0.3 is 17.1 Å². The van der Waals surface area contributed by atoms with Crippen LogP contribution >= 0.6 is 0 Å². The lowest BCUT2D eigenvalue weighted by Crippen LogP contribution is -2.48. The third kappa shape index (κ3) is 4.07. The van der Waals surface area contributed by atoms with Gasteiger partial charge in [-0.3, -0.25) is 4.79 Å². The molecule has 0 unspecified atom stereocenters. The van der Waals surface area contributed by atoms with Crippen LogP contribution in [0, 0.1) is 5.41 Å². The maximum absolute atomic E-state index is 13.3. The molecule has 0 N–H and O–H groups in total. The van der Waals surface area contributed by atoms with E-state index in [1.54, 1.807) is 0 Å². The molecule has 0 radical (unpaired) electrons. The van der Waals surface area contributed by atoms with Crippen LogP contribution in [0.25, 0.3) is 0 Å². The molecule has 4 nitrogen and oxygen atoms in total. The molecule has 0 aliphatic rings. The molecule has 0 spiro atoms. The summed E-state index contributed by atoms with van der Waals surface area (Å²) in [6.45, 7) is 4.24. The summed E-state index contributed by atoms with van der Waals surface area (Å²) in [5.74, 6) is -6.76. The van der Waals surface area contributed by atoms with Crippen LogP contribution in [0.2, 0.25) is 0 Å². The van der Waals surface area contributed by atoms with Crippen LogP contribution in [-0.2, 0) is 19.4 Å². The SMILES string of the molecule is CCS(=O)(=O)C(F)(F)C(F)(F)CCOC(=O)C(C)(C)C. The fourth-order valence-corrected chi connectivity index (χ4v) is 1.96. The molecule has 0 aromatic heterocycles. The fraction of sp³-hybridized carbons (Fsp3) is 0.909. The van der Waals surface area contributed by atoms with Crippen molar-refractivity contribution >= 4 is 15.8 Å². The van der Waals surface area contributed by atoms with Gasteiger partial charge in [0, 0.05) is 0 Å². The zero-order valence-electron chi connectivity index (χ0n) is 11.7. The zero-order chi connectivity index (χ0) is 16.4. The van der Waals surface area contributed by atoms with Crippen molar-refractivity contribution in [1.82, 2.24) is 0 Å². The molecule has 0 saturated heterocycles. The van der Waals surface area contributed by atoms with E-state index in [1.165, 1.54) is 20.8 Å². The van der Waals surface area contributed by atoms with E-state index in [0.717, 1.165) is 6.92 Å². The smallest absolute Gasteiger partial charge is 0.407 e. The van der Waals surface area contributed by atoms with Crippen molar-refractivity contribution in [3.8, 4) is 0 Å². The topological polar surface area (TPSA) is 60.4 Å². The molecular formula is C11H18F4O4S. The molecule has 0 saturated carbocycles. The molecular weight excluding hydrogens is 304 g/mol. The number of rotatable bonds is 6. The highest BCUT2D eigenvalue weighted by atomic mass is 32.2. The van der Waals surface area contributed by atoms with Crippen molar-refractivity contribution in [3.63, 3.8) is 0 Å². The van der Waals surface area contributed by atoms with E-state index in [1.807, 2.05) is 0 Å². The monoisotopic (exact) mass is 322 g/mol. The van der Waals surface area contributed by atoms with Crippen molar-refractivity contribution in [2.75, 3.05) is 12.4 Å². The van der Waals surface area contributed by atoms with E-state index in [4.69, 9.17) is 0 Å². The Hall–Kier alpha value is -0.860. The number of carbonyl (C=O) groups excluding carboxylic acids is 1. The first-order valence-corrected chi connectivity index (χ1v) is 7.49. The molecule has 0 aromatic carbocycles. The normalized spacial score (nSPS) is 14.2. The molecule has 0 aromatic rings. The molecule has 0 aliphatic heterocycles. The van der Waals surface area contributed by atoms with E-state index in [2.05, 4.69) is 4.74 Å². The third-order valence-electron chi connectivity index (χ3n) is 2.46. The molecule has 20 heavy (non-hydrogen) atoms. The van der Waals surface area contributed by atoms with Crippen molar-refractivity contribution < 1.29 is 35.5 Å². The van der Waals surface area contributed by atoms with Gasteiger partial charge in [0.15, 0.2) is 0 Å². The predicted molar refractivity (Wildman–Crippen MR) is 64.4 cm³/mol. The van der Waals surface area contributed by atoms with Gasteiger partial charge in [-0.1, -0.05) is 6.92 Å². The van der Waals surface area contributed by atoms with Gasteiger partial charge in [0.2, 0.25) is 9.84 Å². The minimum Gasteiger partial charge on any atom is -0.465 e. The van der Waals surface area contributed by atoms with Crippen LogP contribution < -0.4 is 0 Å². The van der Waals surface area contributed by atoms with Gasteiger partial charge < -0.3 is 4.74 Å². The predicted octanol–water partition coefficient (Wildman–Crippen LogP) is 2.63. The summed E-state index contributed by atoms with van der Waals surface area (Å²) < 4.78 is 79.5. The lowest BCUT2D eigenvalue weighted by molar-refractivity contribution is -0.175. The van der Waals surface area contributed by atoms with Crippen molar-refractivity contribution in [1.29, 1.82) is 0 Å². The quantitative estimate of drug-likeness (QED) is 0.557. The van der Waals surface area contributed by atoms with Gasteiger partial charge in [-0.05, 0) is 20.8 Å². The summed E-state index contributed by atoms with van der Waals surface area (Å²) in [7, 11) is -5.26. The first-order chi connectivity index (χ1) is 8.69. The average Bonchev–Trinajstić information content (AvgIpc) is 2.26. The lowest BCUT2D eigenvalue weighted by atomic mass is 9.97. The first-order valence-electron chi connectivity index (χ1n) is 5.84. The van der Waals surface area contributed by atoms with Crippen LogP contribution in [0.15, 0.2) is 0 Å². The Balaban J connectivity index is 4.82. The number of hydrogen-bond donors (Lipinski definition) is 0. The Bertz CT molecular complexity index is 452. The number of hydrogen-bond acceptors (Lipinski definition) is 4. The van der Waals surface area contributed by atoms with Crippen LogP contribution in [0.1, 0.15) is 34.1 Å². The molecule has 0 bridgehead atoms. The van der Waals surface area contributed by atoms with E-state index >= 15 is 0 Å². The second kappa shape index (κ2) is 5.87. The van der Waals surface area contributed by atoms with E-state index in [0.29, 0.717) is 0 Å². The second-order valence-corrected chi connectivity index (χ2v) is 7.58. The number of ether oxygens (including phenoxy) is 1. The molecule has 120 valence electrons. The molecule has 0 heterocycles. The summed E-state index contributed by atoms with van der Waals surface area (Å²) in [6, 6.07) is 0. The van der Waals surface area contributed by atoms with Crippen LogP contribution in [-0.4, -0.2) is 37.9 Å². The van der Waals surface area contributed by atoms with Crippen LogP contribution in [0.4, 0.5) is 17.6 Å². The van der Waals surface area contributed by atoms with Crippen molar-refractivity contribution in [2.45, 2.75) is 45.3 Å². The zero-order valence-corrected chi connectivity index (χ0v) is 12.5. The highest BCUT2D eigenvalue weighted by molar-refractivity contribution is 7.92. The summed E-state index contributed by atoms with van der Waals surface area (Å²) in [5.41, 5.74) is -0.965. The summed E-state index contributed by atoms with van der Waals surface area (Å²) in [5, 5.41) is -5.19. The third-order valence-corrected chi connectivity index (χ3v) is 4.30. The summed E-state index contributed by atoms with van der Waals surface area (Å²) >= 11 is 0. The van der Waals surface area contributed by atoms with Gasteiger partial charge in [-0.15, -0.1) is 0 Å². The van der Waals surface area contributed by atoms with Gasteiger partial charge in [-0.2, -0.15) is 17.6 Å². The summed E-state index contributed by atoms with van der Waals surface area (Å²) in [4.78, 5) is 11.3. The molecule has 0 atom stereocenters. The molecule has 0 aliphatic carbocycles. The van der Waals surface area contributed by atoms with Gasteiger partial charge in [-0.25, -0.2) is 8.42 Å². The molecule has 9 heteroatoms. The Morgan fingerprint density at radius 3 is 1.90 bits per heavy atom. The summed E-state index contributed by atoms with van der Waals surface area (Å²) in [6.07, 6.45) is -1.57. The van der Waals surface area contributed by atoms with E-state index in [-0.39, 0.29) is 0 Å². The van der Waals surface area contributed by atoms with Gasteiger partial charge in [0.1, 0.15) is 0 Å². The lowest BCUT2D eigenvalue weighted by Gasteiger charge is -2.26. The van der Waals surface area contributed by atoms with Crippen molar-refractivity contribution in [2.24, 2.45) is 5.41 Å². The number of sulfone groups is 1. The van der Waals surface area contributed by atoms with Gasteiger partial charge in [0.05, 0.1) is 24.2 Å². The van der Waals surface area contributed by atoms with E-state index in [9.17, 15) is 30.8 Å². The highest BCUT2D eigenvalue weighted by Gasteiger charge is 2.64. The largest absolute Gasteiger partial charge is 0.465 e. The minimum absolute atomic E-state index is 0.838. The number of esters is 1. The number of halogens is 4. The second-order valence-electron chi connectivity index (χ2n) is 5.26. The Morgan fingerprint density at radius 2 is 1.55 bits per heavy atom. The Labute approximate surface area is 115 Å². The van der Waals surface area contributed by atoms with Gasteiger partial charge in [0.25, 0.3) is 0 Å². The molecule has 0 fully saturated rings. The standard InChI is InChI=1S/C11H18F4O4S/c1-5-20(17,18)11(14,15)10(12,13)6-7-19-8(16)9(2,3)4/h5-7H2,1-4H3. The molecule has 0 rings (SSSR count). The average molecular weight is 322 g/mol. The maximum Gasteiger partial charge on any atom is 0.407 e. The van der Waals surface area contributed by atoms with Crippen molar-refractivity contribution in [3.05, 3.63) is 0 Å². The van der Waals surface area contributed by atoms with E-state index < -0.39 is 51.2 Å². The van der Waals surface area contributed by atoms with Crippen LogP contribution in [0.3, 0.4) is 0 Å². The van der Waals surface area contributed by atoms with Crippen LogP contribution in [0.5, 0.6) is 0 Å². The first kappa shape index (κ1) is 19.1. The number of carbonyl (C=O) groups is 1. The maximum atomic E-state index is 13.3. The Morgan fingerprint density at radius 1 is 1.10 bits per heavy atom. The Kier molecular flexibility index (Phi) is 5.61. The molecule has 0 amide bonds.